The van der Waals surface area contributed by atoms with Gasteiger partial charge in [0, 0.05) is 63.2 Å². The quantitative estimate of drug-likeness (QED) is 0.0558. The Labute approximate surface area is 320 Å². The van der Waals surface area contributed by atoms with Crippen molar-refractivity contribution in [1.29, 1.82) is 0 Å². The number of aliphatic hydroxyl groups excluding tert-OH is 6. The molecule has 0 aliphatic rings. The normalized spacial score (nSPS) is 12.7. The van der Waals surface area contributed by atoms with Crippen LogP contribution in [0.2, 0.25) is 0 Å². The molecule has 0 aliphatic carbocycles. The number of nitrogens with zero attached hydrogens (tertiary/aromatic N) is 3. The van der Waals surface area contributed by atoms with Gasteiger partial charge >= 0.3 is 0 Å². The topological polar surface area (TPSA) is 294 Å². The zero-order valence-electron chi connectivity index (χ0n) is 30.4. The van der Waals surface area contributed by atoms with Gasteiger partial charge in [0.2, 0.25) is 30.1 Å². The minimum atomic E-state index is -4.54. The Morgan fingerprint density at radius 1 is 0.400 bits per heavy atom. The van der Waals surface area contributed by atoms with Gasteiger partial charge in [0.05, 0.1) is 54.3 Å². The van der Waals surface area contributed by atoms with Gasteiger partial charge in [-0.3, -0.25) is 0 Å². The average Bonchev–Trinajstić information content (AvgIpc) is 3.12. The molecule has 0 bridgehead atoms. The standard InChI is InChI=1S/C34H49N3O15S3/c1-23-15-29(53(47,48)35(3-9-38)4-10-39)19-25(32(23)44)17-27-21-31(55(51,52)37(7-13-42)8-14-43)22-28(34(27)46)18-26-20-30(16-24(2)33(26)45)54(49,50)36(5-11-40)6-12-41/h15-16,19-22,38-46H,3-14,17-18H2,1-2H3. The Kier molecular flexibility index (Phi) is 16.4. The Bertz CT molecular complexity index is 1990. The van der Waals surface area contributed by atoms with Gasteiger partial charge in [-0.05, 0) is 72.5 Å². The molecule has 18 nitrogen and oxygen atoms in total. The minimum absolute atomic E-state index is 0.0791. The Balaban J connectivity index is 2.32. The molecular weight excluding hydrogens is 787 g/mol. The molecule has 0 radical (unpaired) electrons. The SMILES string of the molecule is Cc1cc(S(=O)(=O)N(CCO)CCO)cc(Cc2cc(S(=O)(=O)N(CCO)CCO)cc(Cc3cc(S(=O)(=O)N(CCO)CCO)cc(C)c3O)c2O)c1O. The van der Waals surface area contributed by atoms with E-state index in [2.05, 4.69) is 0 Å². The van der Waals surface area contributed by atoms with Crippen molar-refractivity contribution in [3.05, 3.63) is 69.8 Å². The van der Waals surface area contributed by atoms with Crippen LogP contribution in [0.3, 0.4) is 0 Å². The van der Waals surface area contributed by atoms with Crippen molar-refractivity contribution in [2.45, 2.75) is 41.4 Å². The third kappa shape index (κ3) is 10.5. The third-order valence-electron chi connectivity index (χ3n) is 8.72. The zero-order valence-corrected chi connectivity index (χ0v) is 32.9. The molecule has 0 atom stereocenters. The van der Waals surface area contributed by atoms with Crippen molar-refractivity contribution in [1.82, 2.24) is 12.9 Å². The predicted octanol–water partition coefficient (Wildman–Crippen LogP) is -1.47. The highest BCUT2D eigenvalue weighted by molar-refractivity contribution is 7.89. The van der Waals surface area contributed by atoms with E-state index in [1.165, 1.54) is 13.8 Å². The molecule has 308 valence electrons. The number of aliphatic hydroxyl groups is 6. The van der Waals surface area contributed by atoms with E-state index in [9.17, 15) is 71.2 Å². The van der Waals surface area contributed by atoms with Crippen LogP contribution in [0.1, 0.15) is 33.4 Å². The fourth-order valence-corrected chi connectivity index (χ4v) is 10.6. The largest absolute Gasteiger partial charge is 0.507 e. The Morgan fingerprint density at radius 3 is 0.855 bits per heavy atom. The molecule has 3 rings (SSSR count). The van der Waals surface area contributed by atoms with Crippen molar-refractivity contribution in [3.63, 3.8) is 0 Å². The number of rotatable bonds is 22. The average molecular weight is 836 g/mol. The van der Waals surface area contributed by atoms with Gasteiger partial charge in [-0.2, -0.15) is 12.9 Å². The lowest BCUT2D eigenvalue weighted by atomic mass is 9.95. The maximum atomic E-state index is 13.9. The molecule has 0 fully saturated rings. The van der Waals surface area contributed by atoms with Gasteiger partial charge in [0.1, 0.15) is 17.2 Å². The van der Waals surface area contributed by atoms with Crippen LogP contribution in [0.5, 0.6) is 17.2 Å². The summed E-state index contributed by atoms with van der Waals surface area (Å²) in [6, 6.07) is 6.64. The van der Waals surface area contributed by atoms with Crippen molar-refractivity contribution in [2.75, 3.05) is 78.9 Å². The summed E-state index contributed by atoms with van der Waals surface area (Å²) in [6.07, 6.45) is -0.954. The van der Waals surface area contributed by atoms with Crippen LogP contribution in [0, 0.1) is 13.8 Å². The molecule has 3 aromatic rings. The maximum absolute atomic E-state index is 13.9. The van der Waals surface area contributed by atoms with Gasteiger partial charge in [0.15, 0.2) is 0 Å². The highest BCUT2D eigenvalue weighted by atomic mass is 32.2. The molecule has 0 saturated heterocycles. The number of hydrogen-bond donors (Lipinski definition) is 9. The summed E-state index contributed by atoms with van der Waals surface area (Å²) in [5.74, 6) is -1.35. The van der Waals surface area contributed by atoms with Crippen LogP contribution in [-0.2, 0) is 42.9 Å². The lowest BCUT2D eigenvalue weighted by Crippen LogP contribution is -2.36. The lowest BCUT2D eigenvalue weighted by molar-refractivity contribution is 0.217. The van der Waals surface area contributed by atoms with E-state index in [-0.39, 0.29) is 69.4 Å². The van der Waals surface area contributed by atoms with Crippen molar-refractivity contribution >= 4 is 30.1 Å². The van der Waals surface area contributed by atoms with Crippen molar-refractivity contribution < 1.29 is 71.2 Å². The molecular formula is C34H49N3O15S3. The molecule has 0 aromatic heterocycles. The summed E-state index contributed by atoms with van der Waals surface area (Å²) in [7, 11) is -13.2. The minimum Gasteiger partial charge on any atom is -0.507 e. The Hall–Kier alpha value is -3.45. The van der Waals surface area contributed by atoms with E-state index in [0.29, 0.717) is 0 Å². The number of aryl methyl sites for hydroxylation is 2. The van der Waals surface area contributed by atoms with Gasteiger partial charge in [-0.25, -0.2) is 25.3 Å². The molecule has 0 saturated carbocycles. The van der Waals surface area contributed by atoms with E-state index < -0.39 is 118 Å². The monoisotopic (exact) mass is 835 g/mol. The summed E-state index contributed by atoms with van der Waals surface area (Å²) >= 11 is 0. The second-order valence-electron chi connectivity index (χ2n) is 12.5. The van der Waals surface area contributed by atoms with Crippen molar-refractivity contribution in [2.24, 2.45) is 0 Å². The second kappa shape index (κ2) is 19.6. The van der Waals surface area contributed by atoms with Gasteiger partial charge in [0.25, 0.3) is 0 Å². The summed E-state index contributed by atoms with van der Waals surface area (Å²) in [4.78, 5) is -1.14. The molecule has 9 N–H and O–H groups in total. The van der Waals surface area contributed by atoms with E-state index >= 15 is 0 Å². The predicted molar refractivity (Wildman–Crippen MR) is 198 cm³/mol. The second-order valence-corrected chi connectivity index (χ2v) is 18.3. The van der Waals surface area contributed by atoms with E-state index in [1.807, 2.05) is 0 Å². The zero-order chi connectivity index (χ0) is 41.3. The first-order valence-corrected chi connectivity index (χ1v) is 21.3. The van der Waals surface area contributed by atoms with Crippen LogP contribution < -0.4 is 0 Å². The van der Waals surface area contributed by atoms with E-state index in [0.717, 1.165) is 49.3 Å². The highest BCUT2D eigenvalue weighted by Gasteiger charge is 2.30. The number of phenols is 3. The van der Waals surface area contributed by atoms with Crippen LogP contribution in [0.25, 0.3) is 0 Å². The van der Waals surface area contributed by atoms with E-state index in [4.69, 9.17) is 0 Å². The summed E-state index contributed by atoms with van der Waals surface area (Å²) in [5.41, 5.74) is -0.311. The number of hydrogen-bond acceptors (Lipinski definition) is 15. The molecule has 21 heteroatoms. The smallest absolute Gasteiger partial charge is 0.243 e. The maximum Gasteiger partial charge on any atom is 0.243 e. The highest BCUT2D eigenvalue weighted by Crippen LogP contribution is 2.38. The number of aromatic hydroxyl groups is 3. The summed E-state index contributed by atoms with van der Waals surface area (Å²) in [5, 5.41) is 90.7. The first-order chi connectivity index (χ1) is 25.8. The first kappa shape index (κ1) is 45.9. The Morgan fingerprint density at radius 2 is 0.618 bits per heavy atom. The molecule has 3 aromatic carbocycles. The van der Waals surface area contributed by atoms with Crippen molar-refractivity contribution in [3.8, 4) is 17.2 Å². The van der Waals surface area contributed by atoms with Gasteiger partial charge in [-0.1, -0.05) is 0 Å². The number of sulfonamides is 3. The molecule has 0 spiro atoms. The van der Waals surface area contributed by atoms with Gasteiger partial charge in [-0.15, -0.1) is 0 Å². The molecule has 0 heterocycles. The van der Waals surface area contributed by atoms with Crippen LogP contribution in [-0.4, -0.2) is 163 Å². The molecule has 55 heavy (non-hydrogen) atoms. The number of benzene rings is 3. The first-order valence-electron chi connectivity index (χ1n) is 17.0. The van der Waals surface area contributed by atoms with Crippen LogP contribution in [0.15, 0.2) is 51.1 Å². The fourth-order valence-electron chi connectivity index (χ4n) is 5.93. The van der Waals surface area contributed by atoms with Crippen LogP contribution in [0.4, 0.5) is 0 Å². The molecule has 0 amide bonds. The lowest BCUT2D eigenvalue weighted by Gasteiger charge is -2.23. The molecule has 0 unspecified atom stereocenters. The van der Waals surface area contributed by atoms with Gasteiger partial charge < -0.3 is 46.0 Å². The third-order valence-corrected chi connectivity index (χ3v) is 14.3. The summed E-state index contributed by atoms with van der Waals surface area (Å²) in [6.45, 7) is -2.91. The van der Waals surface area contributed by atoms with Crippen LogP contribution >= 0.6 is 0 Å². The fraction of sp³-hybridized carbons (Fsp3) is 0.471. The molecule has 0 aliphatic heterocycles. The van der Waals surface area contributed by atoms with E-state index in [1.54, 1.807) is 0 Å². The number of phenolic OH excluding ortho intramolecular Hbond substituents is 3. The summed E-state index contributed by atoms with van der Waals surface area (Å²) < 4.78 is 84.3.